The topological polar surface area (TPSA) is 66.8 Å². The molecular weight excluding hydrogens is 394 g/mol. The first-order valence-electron chi connectivity index (χ1n) is 10.1. The third-order valence-electron chi connectivity index (χ3n) is 5.11. The number of nitrogens with zero attached hydrogens (tertiary/aromatic N) is 1. The summed E-state index contributed by atoms with van der Waals surface area (Å²) in [4.78, 5) is 24.6. The van der Waals surface area contributed by atoms with Gasteiger partial charge in [0.2, 0.25) is 5.78 Å². The zero-order valence-electron chi connectivity index (χ0n) is 17.5. The first-order valence-corrected chi connectivity index (χ1v) is 10.1. The van der Waals surface area contributed by atoms with Crippen molar-refractivity contribution >= 4 is 28.7 Å². The van der Waals surface area contributed by atoms with E-state index in [1.165, 1.54) is 6.08 Å². The number of carbonyl (C=O) groups is 2. The third-order valence-corrected chi connectivity index (χ3v) is 5.11. The van der Waals surface area contributed by atoms with E-state index in [2.05, 4.69) is 24.1 Å². The Labute approximate surface area is 180 Å². The van der Waals surface area contributed by atoms with Crippen molar-refractivity contribution in [2.75, 3.05) is 13.2 Å². The number of benzene rings is 2. The van der Waals surface area contributed by atoms with Crippen LogP contribution in [0, 0.1) is 6.92 Å². The van der Waals surface area contributed by atoms with E-state index in [9.17, 15) is 9.59 Å². The van der Waals surface area contributed by atoms with Crippen LogP contribution in [-0.2, 0) is 16.1 Å². The Bertz CT molecular complexity index is 1220. The van der Waals surface area contributed by atoms with Crippen LogP contribution >= 0.6 is 0 Å². The maximum Gasteiger partial charge on any atom is 0.344 e. The van der Waals surface area contributed by atoms with Gasteiger partial charge in [0.15, 0.2) is 12.4 Å². The molecule has 0 unspecified atom stereocenters. The molecule has 2 heterocycles. The number of aryl methyl sites for hydroxylation is 2. The van der Waals surface area contributed by atoms with Gasteiger partial charge in [-0.1, -0.05) is 30.9 Å². The van der Waals surface area contributed by atoms with Crippen LogP contribution in [0.15, 0.2) is 61.0 Å². The van der Waals surface area contributed by atoms with Crippen molar-refractivity contribution in [3.63, 3.8) is 0 Å². The number of ether oxygens (including phenoxy) is 3. The van der Waals surface area contributed by atoms with Crippen LogP contribution in [0.4, 0.5) is 0 Å². The third kappa shape index (κ3) is 3.97. The van der Waals surface area contributed by atoms with Gasteiger partial charge in [-0.15, -0.1) is 0 Å². The molecule has 6 nitrogen and oxygen atoms in total. The number of hydrogen-bond donors (Lipinski definition) is 0. The van der Waals surface area contributed by atoms with Crippen molar-refractivity contribution < 1.29 is 23.8 Å². The van der Waals surface area contributed by atoms with Crippen LogP contribution in [0.2, 0.25) is 0 Å². The second kappa shape index (κ2) is 8.52. The molecular formula is C25H23NO5. The van der Waals surface area contributed by atoms with E-state index in [0.29, 0.717) is 17.1 Å². The second-order valence-corrected chi connectivity index (χ2v) is 7.20. The van der Waals surface area contributed by atoms with Gasteiger partial charge in [-0.05, 0) is 37.6 Å². The molecule has 1 aliphatic rings. The Morgan fingerprint density at radius 2 is 2.06 bits per heavy atom. The molecule has 31 heavy (non-hydrogen) atoms. The summed E-state index contributed by atoms with van der Waals surface area (Å²) < 4.78 is 18.5. The maximum atomic E-state index is 13.0. The van der Waals surface area contributed by atoms with Crippen LogP contribution in [0.1, 0.15) is 28.4 Å². The number of ketones is 1. The number of carbonyl (C=O) groups excluding carboxylic acids is 2. The van der Waals surface area contributed by atoms with Gasteiger partial charge in [0.05, 0.1) is 5.56 Å². The Morgan fingerprint density at radius 1 is 1.26 bits per heavy atom. The van der Waals surface area contributed by atoms with Crippen LogP contribution in [0.5, 0.6) is 11.5 Å². The molecule has 4 rings (SSSR count). The molecule has 0 saturated heterocycles. The number of allylic oxidation sites excluding steroid dienone is 1. The molecule has 0 N–H and O–H groups in total. The molecule has 0 amide bonds. The molecule has 3 aromatic rings. The zero-order valence-corrected chi connectivity index (χ0v) is 17.5. The average molecular weight is 417 g/mol. The van der Waals surface area contributed by atoms with E-state index >= 15 is 0 Å². The van der Waals surface area contributed by atoms with Crippen molar-refractivity contribution in [3.8, 4) is 11.5 Å². The van der Waals surface area contributed by atoms with E-state index in [1.807, 2.05) is 31.3 Å². The van der Waals surface area contributed by atoms with E-state index in [4.69, 9.17) is 14.2 Å². The molecule has 0 radical (unpaired) electrons. The fourth-order valence-electron chi connectivity index (χ4n) is 3.69. The average Bonchev–Trinajstić information content (AvgIpc) is 3.28. The van der Waals surface area contributed by atoms with Crippen molar-refractivity contribution in [2.45, 2.75) is 20.4 Å². The van der Waals surface area contributed by atoms with E-state index in [-0.39, 0.29) is 24.8 Å². The highest BCUT2D eigenvalue weighted by Crippen LogP contribution is 2.38. The molecule has 0 spiro atoms. The van der Waals surface area contributed by atoms with Gasteiger partial charge in [-0.3, -0.25) is 4.79 Å². The summed E-state index contributed by atoms with van der Waals surface area (Å²) >= 11 is 0. The summed E-state index contributed by atoms with van der Waals surface area (Å²) in [6, 6.07) is 11.4. The second-order valence-electron chi connectivity index (χ2n) is 7.20. The van der Waals surface area contributed by atoms with Crippen LogP contribution in [-0.4, -0.2) is 29.5 Å². The summed E-state index contributed by atoms with van der Waals surface area (Å²) in [5.74, 6) is 0.453. The van der Waals surface area contributed by atoms with Gasteiger partial charge in [-0.25, -0.2) is 4.79 Å². The van der Waals surface area contributed by atoms with Gasteiger partial charge in [0, 0.05) is 35.3 Å². The Balaban J connectivity index is 1.60. The number of rotatable bonds is 7. The standard InChI is InChI=1S/C25H23NO5/c1-4-10-29-23(27)15-30-18-11-16(3)24-21(13-18)31-22(25(24)28)12-17-14-26(5-2)20-9-7-6-8-19(17)20/h4,6-9,11-14H,1,5,10,15H2,2-3H3/b22-12-. The Morgan fingerprint density at radius 3 is 2.84 bits per heavy atom. The van der Waals surface area contributed by atoms with Crippen LogP contribution in [0.3, 0.4) is 0 Å². The van der Waals surface area contributed by atoms with Crippen LogP contribution in [0.25, 0.3) is 17.0 Å². The SMILES string of the molecule is C=CCOC(=O)COc1cc(C)c2c(c1)O/C(=C\c1cn(CC)c3ccccc13)C2=O. The molecule has 0 bridgehead atoms. The summed E-state index contributed by atoms with van der Waals surface area (Å²) in [5.41, 5.74) is 3.26. The highest BCUT2D eigenvalue weighted by Gasteiger charge is 2.30. The van der Waals surface area contributed by atoms with Crippen molar-refractivity contribution in [2.24, 2.45) is 0 Å². The predicted octanol–water partition coefficient (Wildman–Crippen LogP) is 4.69. The van der Waals surface area contributed by atoms with Crippen LogP contribution < -0.4 is 9.47 Å². The molecule has 0 saturated carbocycles. The Hall–Kier alpha value is -3.80. The summed E-state index contributed by atoms with van der Waals surface area (Å²) in [6.45, 7) is 8.11. The predicted molar refractivity (Wildman–Crippen MR) is 118 cm³/mol. The number of para-hydroxylation sites is 1. The highest BCUT2D eigenvalue weighted by atomic mass is 16.6. The number of fused-ring (bicyclic) bond motifs is 2. The molecule has 1 aromatic heterocycles. The highest BCUT2D eigenvalue weighted by molar-refractivity contribution is 6.16. The van der Waals surface area contributed by atoms with Crippen molar-refractivity contribution in [1.29, 1.82) is 0 Å². The lowest BCUT2D eigenvalue weighted by molar-refractivity contribution is -0.144. The van der Waals surface area contributed by atoms with Gasteiger partial charge in [0.25, 0.3) is 0 Å². The van der Waals surface area contributed by atoms with Crippen molar-refractivity contribution in [3.05, 3.63) is 77.7 Å². The molecule has 0 atom stereocenters. The monoisotopic (exact) mass is 417 g/mol. The van der Waals surface area contributed by atoms with Gasteiger partial charge in [-0.2, -0.15) is 0 Å². The summed E-state index contributed by atoms with van der Waals surface area (Å²) in [7, 11) is 0. The smallest absolute Gasteiger partial charge is 0.344 e. The first-order chi connectivity index (χ1) is 15.0. The molecule has 0 fully saturated rings. The van der Waals surface area contributed by atoms with E-state index in [1.54, 1.807) is 18.2 Å². The maximum absolute atomic E-state index is 13.0. The lowest BCUT2D eigenvalue weighted by Gasteiger charge is -2.08. The van der Waals surface area contributed by atoms with Crippen molar-refractivity contribution in [1.82, 2.24) is 4.57 Å². The first kappa shape index (κ1) is 20.5. The normalized spacial score (nSPS) is 13.9. The zero-order chi connectivity index (χ0) is 22.0. The summed E-state index contributed by atoms with van der Waals surface area (Å²) in [5, 5.41) is 1.06. The molecule has 6 heteroatoms. The fraction of sp³-hybridized carbons (Fsp3) is 0.200. The molecule has 2 aromatic carbocycles. The minimum absolute atomic E-state index is 0.131. The fourth-order valence-corrected chi connectivity index (χ4v) is 3.69. The number of hydrogen-bond acceptors (Lipinski definition) is 5. The number of Topliss-reactive ketones (excluding diaryl/α,β-unsaturated/α-hetero) is 1. The van der Waals surface area contributed by atoms with E-state index < -0.39 is 5.97 Å². The number of aromatic nitrogens is 1. The summed E-state index contributed by atoms with van der Waals surface area (Å²) in [6.07, 6.45) is 5.29. The molecule has 1 aliphatic heterocycles. The number of esters is 1. The van der Waals surface area contributed by atoms with E-state index in [0.717, 1.165) is 28.6 Å². The van der Waals surface area contributed by atoms with Gasteiger partial charge >= 0.3 is 5.97 Å². The minimum Gasteiger partial charge on any atom is -0.482 e. The lowest BCUT2D eigenvalue weighted by Crippen LogP contribution is -2.14. The Kier molecular flexibility index (Phi) is 5.62. The lowest BCUT2D eigenvalue weighted by atomic mass is 10.0. The minimum atomic E-state index is -0.497. The molecule has 0 aliphatic carbocycles. The quantitative estimate of drug-likeness (QED) is 0.317. The molecule has 158 valence electrons. The van der Waals surface area contributed by atoms with Gasteiger partial charge in [0.1, 0.15) is 18.1 Å². The largest absolute Gasteiger partial charge is 0.482 e. The van der Waals surface area contributed by atoms with Gasteiger partial charge < -0.3 is 18.8 Å².